The number of amides is 1. The van der Waals surface area contributed by atoms with Crippen LogP contribution in [0.2, 0.25) is 0 Å². The van der Waals surface area contributed by atoms with Gasteiger partial charge in [0, 0.05) is 50.4 Å². The van der Waals surface area contributed by atoms with E-state index in [-0.39, 0.29) is 5.91 Å². The van der Waals surface area contributed by atoms with Crippen molar-refractivity contribution in [1.29, 1.82) is 0 Å². The molecule has 5 rings (SSSR count). The smallest absolute Gasteiger partial charge is 0.233 e. The molecule has 0 unspecified atom stereocenters. The predicted octanol–water partition coefficient (Wildman–Crippen LogP) is 6.19. The molecule has 2 heterocycles. The van der Waals surface area contributed by atoms with Gasteiger partial charge in [-0.15, -0.1) is 0 Å². The molecule has 0 spiro atoms. The highest BCUT2D eigenvalue weighted by molar-refractivity contribution is 7.99. The topological polar surface area (TPSA) is 41.4 Å². The molecular formula is C32H34N4OS. The molecule has 4 aromatic rings. The Morgan fingerprint density at radius 1 is 0.842 bits per heavy atom. The van der Waals surface area contributed by atoms with Gasteiger partial charge in [-0.05, 0) is 12.5 Å². The van der Waals surface area contributed by atoms with Crippen LogP contribution < -0.4 is 0 Å². The normalized spacial score (nSPS) is 14.3. The van der Waals surface area contributed by atoms with Crippen LogP contribution in [0.1, 0.15) is 12.5 Å². The van der Waals surface area contributed by atoms with Gasteiger partial charge in [0.15, 0.2) is 5.16 Å². The maximum Gasteiger partial charge on any atom is 0.233 e. The van der Waals surface area contributed by atoms with Crippen molar-refractivity contribution in [3.8, 4) is 22.5 Å². The van der Waals surface area contributed by atoms with E-state index in [1.165, 1.54) is 5.56 Å². The molecule has 1 saturated heterocycles. The number of hydrogen-bond acceptors (Lipinski definition) is 4. The summed E-state index contributed by atoms with van der Waals surface area (Å²) >= 11 is 1.55. The first-order chi connectivity index (χ1) is 18.7. The number of rotatable bonds is 9. The molecule has 194 valence electrons. The average molecular weight is 523 g/mol. The second-order valence-electron chi connectivity index (χ2n) is 9.35. The Balaban J connectivity index is 1.23. The van der Waals surface area contributed by atoms with Crippen LogP contribution in [-0.4, -0.2) is 63.7 Å². The Bertz CT molecular complexity index is 1340. The highest BCUT2D eigenvalue weighted by Crippen LogP contribution is 2.36. The molecule has 38 heavy (non-hydrogen) atoms. The van der Waals surface area contributed by atoms with Gasteiger partial charge in [0.25, 0.3) is 0 Å². The summed E-state index contributed by atoms with van der Waals surface area (Å²) in [5.41, 5.74) is 5.51. The standard InChI is InChI=1S/C32H34N4OS/c1-2-36-31(28-18-10-5-11-19-28)30(27-16-8-4-9-17-27)33-32(36)38-25-29(37)35-23-21-34(22-24-35)20-12-15-26-13-6-3-7-14-26/h3-19H,2,20-25H2,1H3. The number of piperazine rings is 1. The van der Waals surface area contributed by atoms with Gasteiger partial charge in [-0.1, -0.05) is 115 Å². The van der Waals surface area contributed by atoms with Crippen LogP contribution in [0.25, 0.3) is 28.6 Å². The molecule has 1 aromatic heterocycles. The number of hydrogen-bond donors (Lipinski definition) is 0. The van der Waals surface area contributed by atoms with Gasteiger partial charge in [-0.2, -0.15) is 0 Å². The quantitative estimate of drug-likeness (QED) is 0.246. The predicted molar refractivity (Wildman–Crippen MR) is 158 cm³/mol. The number of imidazole rings is 1. The molecule has 0 aliphatic carbocycles. The van der Waals surface area contributed by atoms with Crippen molar-refractivity contribution in [1.82, 2.24) is 19.4 Å². The first-order valence-electron chi connectivity index (χ1n) is 13.3. The second kappa shape index (κ2) is 12.8. The maximum atomic E-state index is 13.1. The van der Waals surface area contributed by atoms with E-state index >= 15 is 0 Å². The SMILES string of the molecule is CCn1c(SCC(=O)N2CCN(CC=Cc3ccccc3)CC2)nc(-c2ccccc2)c1-c1ccccc1. The maximum absolute atomic E-state index is 13.1. The lowest BCUT2D eigenvalue weighted by Crippen LogP contribution is -2.49. The molecule has 1 aliphatic rings. The third kappa shape index (κ3) is 6.26. The zero-order valence-corrected chi connectivity index (χ0v) is 22.7. The lowest BCUT2D eigenvalue weighted by atomic mass is 10.0. The number of carbonyl (C=O) groups excluding carboxylic acids is 1. The van der Waals surface area contributed by atoms with Gasteiger partial charge in [0.1, 0.15) is 0 Å². The molecule has 0 atom stereocenters. The number of thioether (sulfide) groups is 1. The number of nitrogens with zero attached hydrogens (tertiary/aromatic N) is 4. The first-order valence-corrected chi connectivity index (χ1v) is 14.3. The Kier molecular flexibility index (Phi) is 8.74. The summed E-state index contributed by atoms with van der Waals surface area (Å²) in [5.74, 6) is 0.579. The lowest BCUT2D eigenvalue weighted by molar-refractivity contribution is -0.130. The van der Waals surface area contributed by atoms with Crippen molar-refractivity contribution in [3.63, 3.8) is 0 Å². The van der Waals surface area contributed by atoms with Gasteiger partial charge in [-0.3, -0.25) is 9.69 Å². The van der Waals surface area contributed by atoms with E-state index in [0.29, 0.717) is 5.75 Å². The zero-order valence-electron chi connectivity index (χ0n) is 21.9. The van der Waals surface area contributed by atoms with Crippen LogP contribution >= 0.6 is 11.8 Å². The van der Waals surface area contributed by atoms with Crippen LogP contribution in [0.4, 0.5) is 0 Å². The minimum absolute atomic E-state index is 0.183. The number of carbonyl (C=O) groups is 1. The third-order valence-electron chi connectivity index (χ3n) is 6.87. The van der Waals surface area contributed by atoms with Gasteiger partial charge < -0.3 is 9.47 Å². The van der Waals surface area contributed by atoms with E-state index in [4.69, 9.17) is 4.98 Å². The summed E-state index contributed by atoms with van der Waals surface area (Å²) in [7, 11) is 0. The van der Waals surface area contributed by atoms with E-state index in [1.807, 2.05) is 35.2 Å². The van der Waals surface area contributed by atoms with Crippen molar-refractivity contribution in [3.05, 3.63) is 103 Å². The molecule has 1 fully saturated rings. The summed E-state index contributed by atoms with van der Waals surface area (Å²) in [6, 6.07) is 31.1. The number of benzene rings is 3. The fraction of sp³-hybridized carbons (Fsp3) is 0.250. The van der Waals surface area contributed by atoms with Gasteiger partial charge in [0.05, 0.1) is 17.1 Å². The third-order valence-corrected chi connectivity index (χ3v) is 7.83. The molecule has 5 nitrogen and oxygen atoms in total. The largest absolute Gasteiger partial charge is 0.339 e. The molecular weight excluding hydrogens is 488 g/mol. The molecule has 0 bridgehead atoms. The molecule has 3 aromatic carbocycles. The minimum atomic E-state index is 0.183. The second-order valence-corrected chi connectivity index (χ2v) is 10.3. The fourth-order valence-electron chi connectivity index (χ4n) is 4.82. The van der Waals surface area contributed by atoms with Crippen molar-refractivity contribution < 1.29 is 4.79 Å². The van der Waals surface area contributed by atoms with Crippen molar-refractivity contribution >= 4 is 23.7 Å². The van der Waals surface area contributed by atoms with E-state index < -0.39 is 0 Å². The van der Waals surface area contributed by atoms with Crippen molar-refractivity contribution in [2.45, 2.75) is 18.6 Å². The van der Waals surface area contributed by atoms with E-state index in [1.54, 1.807) is 11.8 Å². The van der Waals surface area contributed by atoms with E-state index in [0.717, 1.165) is 66.9 Å². The molecule has 1 aliphatic heterocycles. The van der Waals surface area contributed by atoms with Crippen molar-refractivity contribution in [2.24, 2.45) is 0 Å². The fourth-order valence-corrected chi connectivity index (χ4v) is 5.79. The van der Waals surface area contributed by atoms with Crippen LogP contribution in [0.3, 0.4) is 0 Å². The van der Waals surface area contributed by atoms with Crippen LogP contribution in [0.5, 0.6) is 0 Å². The Morgan fingerprint density at radius 2 is 1.45 bits per heavy atom. The Hall–Kier alpha value is -3.61. The minimum Gasteiger partial charge on any atom is -0.339 e. The summed E-state index contributed by atoms with van der Waals surface area (Å²) < 4.78 is 2.24. The zero-order chi connectivity index (χ0) is 26.2. The Morgan fingerprint density at radius 3 is 2.08 bits per heavy atom. The van der Waals surface area contributed by atoms with E-state index in [2.05, 4.69) is 89.2 Å². The van der Waals surface area contributed by atoms with Crippen LogP contribution in [-0.2, 0) is 11.3 Å². The van der Waals surface area contributed by atoms with Crippen LogP contribution in [0, 0.1) is 0 Å². The summed E-state index contributed by atoms with van der Waals surface area (Å²) in [5, 5.41) is 0.892. The van der Waals surface area contributed by atoms with Gasteiger partial charge in [-0.25, -0.2) is 4.98 Å². The monoisotopic (exact) mass is 522 g/mol. The van der Waals surface area contributed by atoms with E-state index in [9.17, 15) is 4.79 Å². The van der Waals surface area contributed by atoms with Crippen LogP contribution in [0.15, 0.2) is 102 Å². The molecule has 1 amide bonds. The highest BCUT2D eigenvalue weighted by Gasteiger charge is 2.23. The first kappa shape index (κ1) is 26.0. The Labute approximate surface area is 229 Å². The van der Waals surface area contributed by atoms with Gasteiger partial charge >= 0.3 is 0 Å². The molecule has 0 saturated carbocycles. The molecule has 6 heteroatoms. The summed E-state index contributed by atoms with van der Waals surface area (Å²) in [6.07, 6.45) is 4.37. The van der Waals surface area contributed by atoms with Gasteiger partial charge in [0.2, 0.25) is 5.91 Å². The van der Waals surface area contributed by atoms with Crippen molar-refractivity contribution in [2.75, 3.05) is 38.5 Å². The lowest BCUT2D eigenvalue weighted by Gasteiger charge is -2.34. The number of aromatic nitrogens is 2. The summed E-state index contributed by atoms with van der Waals surface area (Å²) in [4.78, 5) is 22.6. The molecule has 0 N–H and O–H groups in total. The average Bonchev–Trinajstić information content (AvgIpc) is 3.36. The summed E-state index contributed by atoms with van der Waals surface area (Å²) in [6.45, 7) is 7.17. The molecule has 0 radical (unpaired) electrons. The highest BCUT2D eigenvalue weighted by atomic mass is 32.2.